The van der Waals surface area contributed by atoms with E-state index in [4.69, 9.17) is 5.73 Å². The van der Waals surface area contributed by atoms with Gasteiger partial charge in [0.2, 0.25) is 0 Å². The maximum Gasteiger partial charge on any atom is 0.0270 e. The Hall–Kier alpha value is -1.67. The molecular weight excluding hydrogens is 220 g/mol. The number of rotatable bonds is 4. The maximum atomic E-state index is 5.94. The van der Waals surface area contributed by atoms with Gasteiger partial charge in [0.1, 0.15) is 0 Å². The van der Waals surface area contributed by atoms with Gasteiger partial charge in [-0.15, -0.1) is 0 Å². The topological polar surface area (TPSA) is 38.9 Å². The van der Waals surface area contributed by atoms with Gasteiger partial charge in [0.15, 0.2) is 0 Å². The van der Waals surface area contributed by atoms with Gasteiger partial charge in [-0.05, 0) is 50.1 Å². The molecule has 94 valence electrons. The third kappa shape index (κ3) is 3.17. The van der Waals surface area contributed by atoms with Crippen molar-refractivity contribution >= 4 is 0 Å². The smallest absolute Gasteiger partial charge is 0.0270 e. The van der Waals surface area contributed by atoms with Crippen molar-refractivity contribution in [1.29, 1.82) is 0 Å². The molecule has 1 atom stereocenters. The Morgan fingerprint density at radius 2 is 1.67 bits per heavy atom. The standard InChI is InChI=1S/C16H20N2/c1-12-7-13(2)9-15(8-12)16(11-17)10-14-3-5-18-6-4-14/h3-9,16H,10-11,17H2,1-2H3. The molecule has 1 heterocycles. The van der Waals surface area contributed by atoms with Gasteiger partial charge in [0.25, 0.3) is 0 Å². The van der Waals surface area contributed by atoms with E-state index in [0.717, 1.165) is 6.42 Å². The number of nitrogens with zero attached hydrogens (tertiary/aromatic N) is 1. The zero-order valence-electron chi connectivity index (χ0n) is 11.1. The third-order valence-corrected chi connectivity index (χ3v) is 3.23. The van der Waals surface area contributed by atoms with Gasteiger partial charge < -0.3 is 5.73 Å². The summed E-state index contributed by atoms with van der Waals surface area (Å²) in [5, 5.41) is 0. The van der Waals surface area contributed by atoms with E-state index in [1.54, 1.807) is 0 Å². The molecule has 2 heteroatoms. The van der Waals surface area contributed by atoms with Crippen molar-refractivity contribution in [3.63, 3.8) is 0 Å². The van der Waals surface area contributed by atoms with Gasteiger partial charge in [-0.25, -0.2) is 0 Å². The third-order valence-electron chi connectivity index (χ3n) is 3.23. The fraction of sp³-hybridized carbons (Fsp3) is 0.312. The Balaban J connectivity index is 2.23. The van der Waals surface area contributed by atoms with Crippen molar-refractivity contribution in [2.24, 2.45) is 5.73 Å². The average Bonchev–Trinajstić information content (AvgIpc) is 2.36. The molecular formula is C16H20N2. The predicted octanol–water partition coefficient (Wildman–Crippen LogP) is 2.98. The highest BCUT2D eigenvalue weighted by atomic mass is 14.6. The van der Waals surface area contributed by atoms with Crippen molar-refractivity contribution in [2.45, 2.75) is 26.2 Å². The Bertz CT molecular complexity index is 486. The minimum absolute atomic E-state index is 0.381. The quantitative estimate of drug-likeness (QED) is 0.892. The summed E-state index contributed by atoms with van der Waals surface area (Å²) in [7, 11) is 0. The summed E-state index contributed by atoms with van der Waals surface area (Å²) in [5.74, 6) is 0.381. The van der Waals surface area contributed by atoms with Gasteiger partial charge in [-0.1, -0.05) is 29.3 Å². The second kappa shape index (κ2) is 5.78. The summed E-state index contributed by atoms with van der Waals surface area (Å²) in [6.07, 6.45) is 4.65. The van der Waals surface area contributed by atoms with Crippen LogP contribution >= 0.6 is 0 Å². The number of hydrogen-bond acceptors (Lipinski definition) is 2. The average molecular weight is 240 g/mol. The van der Waals surface area contributed by atoms with E-state index in [-0.39, 0.29) is 0 Å². The fourth-order valence-corrected chi connectivity index (χ4v) is 2.39. The van der Waals surface area contributed by atoms with Crippen LogP contribution in [0.25, 0.3) is 0 Å². The van der Waals surface area contributed by atoms with Crippen LogP contribution in [-0.2, 0) is 6.42 Å². The molecule has 0 radical (unpaired) electrons. The summed E-state index contributed by atoms with van der Waals surface area (Å²) < 4.78 is 0. The van der Waals surface area contributed by atoms with Crippen molar-refractivity contribution in [3.8, 4) is 0 Å². The SMILES string of the molecule is Cc1cc(C)cc(C(CN)Cc2ccncc2)c1. The van der Waals surface area contributed by atoms with E-state index in [2.05, 4.69) is 49.2 Å². The summed E-state index contributed by atoms with van der Waals surface area (Å²) in [6, 6.07) is 10.8. The summed E-state index contributed by atoms with van der Waals surface area (Å²) in [5.41, 5.74) is 11.2. The minimum Gasteiger partial charge on any atom is -0.330 e. The number of aryl methyl sites for hydroxylation is 2. The molecule has 1 aromatic carbocycles. The fourth-order valence-electron chi connectivity index (χ4n) is 2.39. The molecule has 2 rings (SSSR count). The molecule has 0 bridgehead atoms. The lowest BCUT2D eigenvalue weighted by atomic mass is 9.90. The van der Waals surface area contributed by atoms with Crippen LogP contribution < -0.4 is 5.73 Å². The Morgan fingerprint density at radius 1 is 1.06 bits per heavy atom. The Labute approximate surface area is 109 Å². The second-order valence-corrected chi connectivity index (χ2v) is 4.91. The largest absolute Gasteiger partial charge is 0.330 e. The molecule has 0 spiro atoms. The van der Waals surface area contributed by atoms with Crippen LogP contribution in [0.2, 0.25) is 0 Å². The lowest BCUT2D eigenvalue weighted by Gasteiger charge is -2.16. The highest BCUT2D eigenvalue weighted by Crippen LogP contribution is 2.22. The van der Waals surface area contributed by atoms with Crippen LogP contribution in [0, 0.1) is 13.8 Å². The molecule has 2 aromatic rings. The van der Waals surface area contributed by atoms with E-state index in [1.807, 2.05) is 12.4 Å². The Kier molecular flexibility index (Phi) is 4.11. The highest BCUT2D eigenvalue weighted by Gasteiger charge is 2.11. The maximum absolute atomic E-state index is 5.94. The summed E-state index contributed by atoms with van der Waals surface area (Å²) >= 11 is 0. The van der Waals surface area contributed by atoms with Gasteiger partial charge in [0.05, 0.1) is 0 Å². The van der Waals surface area contributed by atoms with Crippen LogP contribution in [0.15, 0.2) is 42.7 Å². The van der Waals surface area contributed by atoms with Crippen LogP contribution in [0.3, 0.4) is 0 Å². The molecule has 0 amide bonds. The van der Waals surface area contributed by atoms with E-state index >= 15 is 0 Å². The molecule has 2 N–H and O–H groups in total. The van der Waals surface area contributed by atoms with Crippen LogP contribution in [0.1, 0.15) is 28.2 Å². The summed E-state index contributed by atoms with van der Waals surface area (Å²) in [6.45, 7) is 4.94. The number of aromatic nitrogens is 1. The number of benzene rings is 1. The van der Waals surface area contributed by atoms with Crippen LogP contribution in [0.5, 0.6) is 0 Å². The molecule has 0 aliphatic heterocycles. The molecule has 1 aromatic heterocycles. The van der Waals surface area contributed by atoms with Crippen LogP contribution in [-0.4, -0.2) is 11.5 Å². The molecule has 0 aliphatic carbocycles. The van der Waals surface area contributed by atoms with E-state index in [9.17, 15) is 0 Å². The van der Waals surface area contributed by atoms with Crippen molar-refractivity contribution in [3.05, 3.63) is 65.0 Å². The number of hydrogen-bond donors (Lipinski definition) is 1. The second-order valence-electron chi connectivity index (χ2n) is 4.91. The van der Waals surface area contributed by atoms with Gasteiger partial charge in [0, 0.05) is 18.3 Å². The minimum atomic E-state index is 0.381. The number of nitrogens with two attached hydrogens (primary N) is 1. The Morgan fingerprint density at radius 3 is 2.22 bits per heavy atom. The molecule has 0 fully saturated rings. The van der Waals surface area contributed by atoms with Gasteiger partial charge in [-0.3, -0.25) is 4.98 Å². The molecule has 0 aliphatic rings. The molecule has 2 nitrogen and oxygen atoms in total. The first-order chi connectivity index (χ1) is 8.69. The highest BCUT2D eigenvalue weighted by molar-refractivity contribution is 5.32. The van der Waals surface area contributed by atoms with Gasteiger partial charge in [-0.2, -0.15) is 0 Å². The molecule has 1 unspecified atom stereocenters. The zero-order chi connectivity index (χ0) is 13.0. The zero-order valence-corrected chi connectivity index (χ0v) is 11.1. The van der Waals surface area contributed by atoms with E-state index in [0.29, 0.717) is 12.5 Å². The van der Waals surface area contributed by atoms with Crippen LogP contribution in [0.4, 0.5) is 0 Å². The first kappa shape index (κ1) is 12.8. The first-order valence-electron chi connectivity index (χ1n) is 6.36. The molecule has 0 saturated carbocycles. The van der Waals surface area contributed by atoms with Crippen molar-refractivity contribution in [1.82, 2.24) is 4.98 Å². The molecule has 0 saturated heterocycles. The van der Waals surface area contributed by atoms with Crippen molar-refractivity contribution < 1.29 is 0 Å². The van der Waals surface area contributed by atoms with E-state index < -0.39 is 0 Å². The normalized spacial score (nSPS) is 12.4. The van der Waals surface area contributed by atoms with Gasteiger partial charge >= 0.3 is 0 Å². The molecule has 18 heavy (non-hydrogen) atoms. The number of pyridine rings is 1. The monoisotopic (exact) mass is 240 g/mol. The first-order valence-corrected chi connectivity index (χ1v) is 6.36. The lowest BCUT2D eigenvalue weighted by Crippen LogP contribution is -2.15. The summed E-state index contributed by atoms with van der Waals surface area (Å²) in [4.78, 5) is 4.05. The predicted molar refractivity (Wildman–Crippen MR) is 75.7 cm³/mol. The van der Waals surface area contributed by atoms with Crippen molar-refractivity contribution in [2.75, 3.05) is 6.54 Å². The lowest BCUT2D eigenvalue weighted by molar-refractivity contribution is 0.692. The van der Waals surface area contributed by atoms with E-state index in [1.165, 1.54) is 22.3 Å².